The zero-order chi connectivity index (χ0) is 16.6. The molecule has 0 aromatic heterocycles. The summed E-state index contributed by atoms with van der Waals surface area (Å²) in [7, 11) is 0. The summed E-state index contributed by atoms with van der Waals surface area (Å²) in [6.45, 7) is 0.932. The third kappa shape index (κ3) is 2.91. The Morgan fingerprint density at radius 1 is 1.13 bits per heavy atom. The topological polar surface area (TPSA) is 77.9 Å². The van der Waals surface area contributed by atoms with Crippen LogP contribution < -0.4 is 4.90 Å². The molecule has 23 heavy (non-hydrogen) atoms. The Balaban J connectivity index is 1.68. The first kappa shape index (κ1) is 15.5. The van der Waals surface area contributed by atoms with E-state index in [1.807, 2.05) is 0 Å². The van der Waals surface area contributed by atoms with E-state index < -0.39 is 17.8 Å². The molecule has 2 aliphatic rings. The molecule has 0 radical (unpaired) electrons. The van der Waals surface area contributed by atoms with Gasteiger partial charge in [-0.05, 0) is 37.1 Å². The number of aliphatic carboxylic acids is 1. The highest BCUT2D eigenvalue weighted by molar-refractivity contribution is 6.09. The summed E-state index contributed by atoms with van der Waals surface area (Å²) in [5.74, 6) is -3.23. The molecule has 122 valence electrons. The van der Waals surface area contributed by atoms with Gasteiger partial charge in [0.05, 0.1) is 5.92 Å². The molecule has 0 bridgehead atoms. The number of hydrogen-bond acceptors (Lipinski definition) is 3. The molecule has 0 aliphatic carbocycles. The second-order valence-corrected chi connectivity index (χ2v) is 5.92. The molecule has 1 aromatic carbocycles. The van der Waals surface area contributed by atoms with E-state index in [0.29, 0.717) is 31.6 Å². The van der Waals surface area contributed by atoms with E-state index in [2.05, 4.69) is 0 Å². The van der Waals surface area contributed by atoms with Crippen molar-refractivity contribution in [2.24, 2.45) is 11.8 Å². The highest BCUT2D eigenvalue weighted by Crippen LogP contribution is 2.28. The van der Waals surface area contributed by atoms with Crippen molar-refractivity contribution < 1.29 is 23.9 Å². The van der Waals surface area contributed by atoms with Crippen LogP contribution >= 0.6 is 0 Å². The lowest BCUT2D eigenvalue weighted by molar-refractivity contribution is -0.142. The van der Waals surface area contributed by atoms with Crippen LogP contribution in [0.25, 0.3) is 0 Å². The van der Waals surface area contributed by atoms with Crippen LogP contribution in [0.2, 0.25) is 0 Å². The number of likely N-dealkylation sites (tertiary alicyclic amines) is 1. The fourth-order valence-corrected chi connectivity index (χ4v) is 3.17. The van der Waals surface area contributed by atoms with Crippen molar-refractivity contribution in [3.8, 4) is 0 Å². The largest absolute Gasteiger partial charge is 0.481 e. The molecule has 2 heterocycles. The molecule has 3 rings (SSSR count). The Morgan fingerprint density at radius 3 is 2.43 bits per heavy atom. The zero-order valence-electron chi connectivity index (χ0n) is 12.4. The lowest BCUT2D eigenvalue weighted by atomic mass is 10.1. The molecule has 1 aromatic rings. The van der Waals surface area contributed by atoms with Gasteiger partial charge in [-0.25, -0.2) is 4.39 Å². The minimum Gasteiger partial charge on any atom is -0.481 e. The third-order valence-corrected chi connectivity index (χ3v) is 4.49. The number of anilines is 1. The molecule has 0 saturated carbocycles. The minimum absolute atomic E-state index is 0.161. The first-order valence-corrected chi connectivity index (χ1v) is 7.56. The van der Waals surface area contributed by atoms with E-state index in [-0.39, 0.29) is 24.2 Å². The summed E-state index contributed by atoms with van der Waals surface area (Å²) < 4.78 is 13.0. The van der Waals surface area contributed by atoms with E-state index in [1.54, 1.807) is 0 Å². The van der Waals surface area contributed by atoms with Crippen molar-refractivity contribution in [2.45, 2.75) is 12.8 Å². The average Bonchev–Trinajstić information content (AvgIpc) is 3.15. The van der Waals surface area contributed by atoms with E-state index in [0.717, 1.165) is 0 Å². The maximum Gasteiger partial charge on any atom is 0.308 e. The number of halogens is 1. The van der Waals surface area contributed by atoms with Gasteiger partial charge in [0.15, 0.2) is 0 Å². The predicted octanol–water partition coefficient (Wildman–Crippen LogP) is 1.11. The van der Waals surface area contributed by atoms with E-state index >= 15 is 0 Å². The van der Waals surface area contributed by atoms with Crippen molar-refractivity contribution in [3.05, 3.63) is 30.1 Å². The highest BCUT2D eigenvalue weighted by atomic mass is 19.1. The molecule has 2 saturated heterocycles. The molecule has 2 aliphatic heterocycles. The van der Waals surface area contributed by atoms with Gasteiger partial charge in [0.2, 0.25) is 11.8 Å². The van der Waals surface area contributed by atoms with Gasteiger partial charge in [-0.15, -0.1) is 0 Å². The Morgan fingerprint density at radius 2 is 1.83 bits per heavy atom. The van der Waals surface area contributed by atoms with Gasteiger partial charge in [-0.3, -0.25) is 14.4 Å². The fourth-order valence-electron chi connectivity index (χ4n) is 3.17. The number of rotatable bonds is 3. The maximum absolute atomic E-state index is 13.0. The molecule has 2 amide bonds. The fraction of sp³-hybridized carbons (Fsp3) is 0.438. The molecule has 2 unspecified atom stereocenters. The Hall–Kier alpha value is -2.44. The van der Waals surface area contributed by atoms with Gasteiger partial charge in [0.1, 0.15) is 11.7 Å². The van der Waals surface area contributed by atoms with Crippen LogP contribution in [0.5, 0.6) is 0 Å². The number of carboxylic acids is 1. The van der Waals surface area contributed by atoms with Crippen molar-refractivity contribution in [3.63, 3.8) is 0 Å². The van der Waals surface area contributed by atoms with Gasteiger partial charge in [0.25, 0.3) is 0 Å². The number of nitrogens with zero attached hydrogens (tertiary/aromatic N) is 2. The molecule has 2 atom stereocenters. The zero-order valence-corrected chi connectivity index (χ0v) is 12.4. The van der Waals surface area contributed by atoms with E-state index in [9.17, 15) is 18.8 Å². The van der Waals surface area contributed by atoms with Crippen LogP contribution in [0.15, 0.2) is 24.3 Å². The van der Waals surface area contributed by atoms with E-state index in [1.165, 1.54) is 34.1 Å². The van der Waals surface area contributed by atoms with Crippen LogP contribution in [0.4, 0.5) is 10.1 Å². The second-order valence-electron chi connectivity index (χ2n) is 5.92. The van der Waals surface area contributed by atoms with Gasteiger partial charge in [-0.1, -0.05) is 0 Å². The number of carboxylic acid groups (broad SMARTS) is 1. The summed E-state index contributed by atoms with van der Waals surface area (Å²) >= 11 is 0. The molecule has 7 heteroatoms. The number of carbonyl (C=O) groups is 3. The van der Waals surface area contributed by atoms with Crippen molar-refractivity contribution in [1.82, 2.24) is 4.90 Å². The monoisotopic (exact) mass is 320 g/mol. The van der Waals surface area contributed by atoms with Crippen molar-refractivity contribution >= 4 is 23.5 Å². The number of amides is 2. The lowest BCUT2D eigenvalue weighted by Crippen LogP contribution is -2.39. The van der Waals surface area contributed by atoms with Crippen LogP contribution in [0, 0.1) is 17.7 Å². The second kappa shape index (κ2) is 5.98. The van der Waals surface area contributed by atoms with Gasteiger partial charge in [-0.2, -0.15) is 0 Å². The van der Waals surface area contributed by atoms with Crippen molar-refractivity contribution in [1.29, 1.82) is 0 Å². The summed E-state index contributed by atoms with van der Waals surface area (Å²) in [5.41, 5.74) is 0.566. The summed E-state index contributed by atoms with van der Waals surface area (Å²) in [6.07, 6.45) is 0.812. The highest BCUT2D eigenvalue weighted by Gasteiger charge is 2.42. The Kier molecular flexibility index (Phi) is 4.02. The minimum atomic E-state index is -0.911. The molecular formula is C16H17FN2O4. The average molecular weight is 320 g/mol. The molecular weight excluding hydrogens is 303 g/mol. The Bertz CT molecular complexity index is 646. The molecule has 0 spiro atoms. The standard InChI is InChI=1S/C16H17FN2O4/c17-11-1-3-12(4-2-11)19-8-6-13(15(19)21)14(20)18-7-5-10(9-18)16(22)23/h1-4,10,13H,5-9H2,(H,22,23). The SMILES string of the molecule is O=C(O)C1CCN(C(=O)C2CCN(c3ccc(F)cc3)C2=O)C1. The quantitative estimate of drug-likeness (QED) is 0.846. The lowest BCUT2D eigenvalue weighted by Gasteiger charge is -2.20. The van der Waals surface area contributed by atoms with E-state index in [4.69, 9.17) is 5.11 Å². The van der Waals surface area contributed by atoms with Gasteiger partial charge in [0, 0.05) is 25.3 Å². The molecule has 1 N–H and O–H groups in total. The molecule has 2 fully saturated rings. The Labute approximate surface area is 132 Å². The number of benzene rings is 1. The van der Waals surface area contributed by atoms with Crippen LogP contribution in [-0.4, -0.2) is 47.4 Å². The smallest absolute Gasteiger partial charge is 0.308 e. The normalized spacial score (nSPS) is 24.3. The van der Waals surface area contributed by atoms with Crippen LogP contribution in [-0.2, 0) is 14.4 Å². The van der Waals surface area contributed by atoms with Crippen molar-refractivity contribution in [2.75, 3.05) is 24.5 Å². The van der Waals surface area contributed by atoms with Crippen LogP contribution in [0.3, 0.4) is 0 Å². The summed E-state index contributed by atoms with van der Waals surface area (Å²) in [4.78, 5) is 38.9. The first-order chi connectivity index (χ1) is 11.0. The summed E-state index contributed by atoms with van der Waals surface area (Å²) in [5, 5.41) is 9.00. The number of carbonyl (C=O) groups excluding carboxylic acids is 2. The predicted molar refractivity (Wildman–Crippen MR) is 79.2 cm³/mol. The van der Waals surface area contributed by atoms with Crippen LogP contribution in [0.1, 0.15) is 12.8 Å². The first-order valence-electron chi connectivity index (χ1n) is 7.56. The maximum atomic E-state index is 13.0. The third-order valence-electron chi connectivity index (χ3n) is 4.49. The van der Waals surface area contributed by atoms with Gasteiger partial charge >= 0.3 is 5.97 Å². The number of hydrogen-bond donors (Lipinski definition) is 1. The summed E-state index contributed by atoms with van der Waals surface area (Å²) in [6, 6.07) is 5.57. The van der Waals surface area contributed by atoms with Gasteiger partial charge < -0.3 is 14.9 Å². The molecule has 6 nitrogen and oxygen atoms in total.